The van der Waals surface area contributed by atoms with E-state index in [1.165, 1.54) is 6.26 Å². The fourth-order valence-corrected chi connectivity index (χ4v) is 1.18. The summed E-state index contributed by atoms with van der Waals surface area (Å²) in [5.41, 5.74) is 0.874. The maximum absolute atomic E-state index is 5.20. The fraction of sp³-hybridized carbons (Fsp3) is 0.273. The number of ether oxygens (including phenoxy) is 3. The highest BCUT2D eigenvalue weighted by atomic mass is 16.5. The molecule has 0 fully saturated rings. The fourth-order valence-electron chi connectivity index (χ4n) is 1.18. The second kappa shape index (κ2) is 5.17. The van der Waals surface area contributed by atoms with E-state index < -0.39 is 0 Å². The maximum Gasteiger partial charge on any atom is 0.164 e. The number of benzene rings is 1. The van der Waals surface area contributed by atoms with E-state index in [0.717, 1.165) is 11.3 Å². The van der Waals surface area contributed by atoms with Crippen LogP contribution in [0.1, 0.15) is 5.56 Å². The van der Waals surface area contributed by atoms with Crippen molar-refractivity contribution < 1.29 is 14.2 Å². The molecular formula is C11H14O3. The molecule has 0 unspecified atom stereocenters. The minimum Gasteiger partial charge on any atom is -0.500 e. The lowest BCUT2D eigenvalue weighted by Gasteiger charge is -2.10. The quantitative estimate of drug-likeness (QED) is 0.688. The van der Waals surface area contributed by atoms with Gasteiger partial charge in [0.1, 0.15) is 12.0 Å². The van der Waals surface area contributed by atoms with Crippen LogP contribution in [0.25, 0.3) is 5.76 Å². The normalized spacial score (nSPS) is 10.9. The topological polar surface area (TPSA) is 27.7 Å². The van der Waals surface area contributed by atoms with Crippen LogP contribution in [0, 0.1) is 0 Å². The van der Waals surface area contributed by atoms with Gasteiger partial charge in [0.25, 0.3) is 0 Å². The van der Waals surface area contributed by atoms with Crippen molar-refractivity contribution in [2.75, 3.05) is 21.3 Å². The van der Waals surface area contributed by atoms with Gasteiger partial charge in [0, 0.05) is 0 Å². The summed E-state index contributed by atoms with van der Waals surface area (Å²) in [6.45, 7) is 0. The van der Waals surface area contributed by atoms with Crippen molar-refractivity contribution in [1.82, 2.24) is 0 Å². The highest BCUT2D eigenvalue weighted by molar-refractivity contribution is 5.64. The zero-order valence-electron chi connectivity index (χ0n) is 8.61. The van der Waals surface area contributed by atoms with Crippen LogP contribution >= 0.6 is 0 Å². The Morgan fingerprint density at radius 1 is 1.14 bits per heavy atom. The van der Waals surface area contributed by atoms with Gasteiger partial charge in [0.05, 0.1) is 26.9 Å². The Labute approximate surface area is 83.9 Å². The van der Waals surface area contributed by atoms with Gasteiger partial charge in [-0.15, -0.1) is 0 Å². The molecule has 14 heavy (non-hydrogen) atoms. The molecule has 0 spiro atoms. The standard InChI is InChI=1S/C11H14O3/c1-12-8-11(14-3)9-6-4-5-7-10(9)13-2/h4-8H,1-3H3. The molecule has 0 amide bonds. The van der Waals surface area contributed by atoms with Gasteiger partial charge < -0.3 is 14.2 Å². The molecule has 1 aromatic carbocycles. The lowest BCUT2D eigenvalue weighted by Crippen LogP contribution is -1.93. The van der Waals surface area contributed by atoms with Crippen molar-refractivity contribution in [2.45, 2.75) is 0 Å². The molecule has 0 N–H and O–H groups in total. The highest BCUT2D eigenvalue weighted by Gasteiger charge is 2.07. The summed E-state index contributed by atoms with van der Waals surface area (Å²) in [7, 11) is 4.80. The maximum atomic E-state index is 5.20. The highest BCUT2D eigenvalue weighted by Crippen LogP contribution is 2.25. The third kappa shape index (κ3) is 2.19. The molecule has 0 aliphatic heterocycles. The number of methoxy groups -OCH3 is 3. The summed E-state index contributed by atoms with van der Waals surface area (Å²) in [4.78, 5) is 0. The molecule has 0 heterocycles. The monoisotopic (exact) mass is 194 g/mol. The van der Waals surface area contributed by atoms with Crippen LogP contribution < -0.4 is 4.74 Å². The van der Waals surface area contributed by atoms with E-state index in [1.54, 1.807) is 21.3 Å². The first-order chi connectivity index (χ1) is 6.83. The average Bonchev–Trinajstić information content (AvgIpc) is 2.26. The van der Waals surface area contributed by atoms with Crippen LogP contribution in [0.4, 0.5) is 0 Å². The Hall–Kier alpha value is -1.64. The van der Waals surface area contributed by atoms with Crippen LogP contribution in [-0.2, 0) is 9.47 Å². The lowest BCUT2D eigenvalue weighted by molar-refractivity contribution is 0.302. The summed E-state index contributed by atoms with van der Waals surface area (Å²) >= 11 is 0. The Kier molecular flexibility index (Phi) is 3.85. The Balaban J connectivity index is 3.09. The molecule has 0 radical (unpaired) electrons. The predicted molar refractivity (Wildman–Crippen MR) is 55.0 cm³/mol. The molecule has 0 bridgehead atoms. The van der Waals surface area contributed by atoms with Gasteiger partial charge in [-0.2, -0.15) is 0 Å². The summed E-state index contributed by atoms with van der Waals surface area (Å²) in [6.07, 6.45) is 1.54. The average molecular weight is 194 g/mol. The number of rotatable bonds is 4. The lowest BCUT2D eigenvalue weighted by atomic mass is 10.2. The van der Waals surface area contributed by atoms with Gasteiger partial charge in [-0.3, -0.25) is 0 Å². The van der Waals surface area contributed by atoms with Crippen LogP contribution in [0.15, 0.2) is 30.5 Å². The molecule has 0 saturated heterocycles. The molecule has 0 atom stereocenters. The first-order valence-corrected chi connectivity index (χ1v) is 4.23. The molecule has 0 aliphatic carbocycles. The zero-order chi connectivity index (χ0) is 10.4. The number of hydrogen-bond donors (Lipinski definition) is 0. The summed E-state index contributed by atoms with van der Waals surface area (Å²) in [5.74, 6) is 1.41. The third-order valence-electron chi connectivity index (χ3n) is 1.82. The summed E-state index contributed by atoms with van der Waals surface area (Å²) in [5, 5.41) is 0. The Morgan fingerprint density at radius 3 is 2.43 bits per heavy atom. The van der Waals surface area contributed by atoms with E-state index in [0.29, 0.717) is 5.76 Å². The molecule has 0 aromatic heterocycles. The van der Waals surface area contributed by atoms with Crippen molar-refractivity contribution in [1.29, 1.82) is 0 Å². The molecule has 3 heteroatoms. The van der Waals surface area contributed by atoms with Crippen LogP contribution in [0.3, 0.4) is 0 Å². The molecule has 76 valence electrons. The van der Waals surface area contributed by atoms with E-state index in [2.05, 4.69) is 0 Å². The second-order valence-corrected chi connectivity index (χ2v) is 2.62. The molecule has 1 rings (SSSR count). The van der Waals surface area contributed by atoms with Gasteiger partial charge in [-0.25, -0.2) is 0 Å². The van der Waals surface area contributed by atoms with E-state index in [1.807, 2.05) is 24.3 Å². The van der Waals surface area contributed by atoms with Crippen molar-refractivity contribution in [3.8, 4) is 5.75 Å². The minimum absolute atomic E-state index is 0.643. The minimum atomic E-state index is 0.643. The molecule has 0 aliphatic rings. The van der Waals surface area contributed by atoms with Gasteiger partial charge in [0.15, 0.2) is 5.76 Å². The van der Waals surface area contributed by atoms with Gasteiger partial charge in [-0.1, -0.05) is 12.1 Å². The SMILES string of the molecule is COC=C(OC)c1ccccc1OC. The van der Waals surface area contributed by atoms with Gasteiger partial charge in [0.2, 0.25) is 0 Å². The molecule has 1 aromatic rings. The second-order valence-electron chi connectivity index (χ2n) is 2.62. The van der Waals surface area contributed by atoms with Crippen molar-refractivity contribution in [2.24, 2.45) is 0 Å². The van der Waals surface area contributed by atoms with Crippen molar-refractivity contribution in [3.05, 3.63) is 36.1 Å². The molecule has 3 nitrogen and oxygen atoms in total. The summed E-state index contributed by atoms with van der Waals surface area (Å²) in [6, 6.07) is 7.60. The predicted octanol–water partition coefficient (Wildman–Crippen LogP) is 2.29. The van der Waals surface area contributed by atoms with Crippen LogP contribution in [-0.4, -0.2) is 21.3 Å². The van der Waals surface area contributed by atoms with Crippen LogP contribution in [0.5, 0.6) is 5.75 Å². The Morgan fingerprint density at radius 2 is 1.86 bits per heavy atom. The summed E-state index contributed by atoms with van der Waals surface area (Å²) < 4.78 is 15.3. The third-order valence-corrected chi connectivity index (χ3v) is 1.82. The van der Waals surface area contributed by atoms with E-state index in [9.17, 15) is 0 Å². The van der Waals surface area contributed by atoms with Gasteiger partial charge >= 0.3 is 0 Å². The first kappa shape index (κ1) is 10.4. The molecule has 0 saturated carbocycles. The Bertz CT molecular complexity index is 318. The number of hydrogen-bond acceptors (Lipinski definition) is 3. The zero-order valence-corrected chi connectivity index (χ0v) is 8.61. The largest absolute Gasteiger partial charge is 0.500 e. The van der Waals surface area contributed by atoms with Crippen molar-refractivity contribution >= 4 is 5.76 Å². The van der Waals surface area contributed by atoms with Crippen LogP contribution in [0.2, 0.25) is 0 Å². The first-order valence-electron chi connectivity index (χ1n) is 4.23. The van der Waals surface area contributed by atoms with E-state index in [4.69, 9.17) is 14.2 Å². The smallest absolute Gasteiger partial charge is 0.164 e. The van der Waals surface area contributed by atoms with E-state index in [-0.39, 0.29) is 0 Å². The van der Waals surface area contributed by atoms with Crippen molar-refractivity contribution in [3.63, 3.8) is 0 Å². The van der Waals surface area contributed by atoms with Gasteiger partial charge in [-0.05, 0) is 12.1 Å². The van der Waals surface area contributed by atoms with E-state index >= 15 is 0 Å². The molecular weight excluding hydrogens is 180 g/mol. The number of para-hydroxylation sites is 1.